The molecule has 6 heteroatoms. The van der Waals surface area contributed by atoms with Crippen molar-refractivity contribution in [1.82, 2.24) is 4.98 Å². The van der Waals surface area contributed by atoms with Gasteiger partial charge in [0, 0.05) is 22.6 Å². The average Bonchev–Trinajstić information content (AvgIpc) is 3.21. The van der Waals surface area contributed by atoms with Gasteiger partial charge in [0.1, 0.15) is 17.7 Å². The number of hydrogen-bond acceptors (Lipinski definition) is 4. The summed E-state index contributed by atoms with van der Waals surface area (Å²) in [4.78, 5) is 15.0. The highest BCUT2D eigenvalue weighted by molar-refractivity contribution is 6.30. The topological polar surface area (TPSA) is 72.6 Å². The van der Waals surface area contributed by atoms with Crippen molar-refractivity contribution in [3.63, 3.8) is 0 Å². The van der Waals surface area contributed by atoms with Gasteiger partial charge in [-0.3, -0.25) is 4.79 Å². The standard InChI is InChI=1S/C23H24ClNO4/c24-19-11-7-17(8-12-19)21-16-29-23(25-21)18-9-13-20(14-10-18)28-15-5-3-1-2-4-6-22(26)27/h7-14,16H,1-6,15H2,(H,26,27). The van der Waals surface area contributed by atoms with E-state index in [1.165, 1.54) is 0 Å². The highest BCUT2D eigenvalue weighted by atomic mass is 35.5. The molecule has 0 atom stereocenters. The zero-order valence-electron chi connectivity index (χ0n) is 16.1. The third-order valence-electron chi connectivity index (χ3n) is 4.55. The normalized spacial score (nSPS) is 10.8. The van der Waals surface area contributed by atoms with E-state index in [9.17, 15) is 4.79 Å². The van der Waals surface area contributed by atoms with Crippen molar-refractivity contribution in [1.29, 1.82) is 0 Å². The first kappa shape index (κ1) is 20.9. The van der Waals surface area contributed by atoms with Gasteiger partial charge in [-0.1, -0.05) is 43.0 Å². The molecule has 0 saturated heterocycles. The minimum absolute atomic E-state index is 0.258. The summed E-state index contributed by atoms with van der Waals surface area (Å²) >= 11 is 5.92. The first-order chi connectivity index (χ1) is 14.1. The van der Waals surface area contributed by atoms with E-state index in [1.807, 2.05) is 48.5 Å². The van der Waals surface area contributed by atoms with Gasteiger partial charge in [0.05, 0.1) is 6.61 Å². The van der Waals surface area contributed by atoms with E-state index < -0.39 is 5.97 Å². The second-order valence-corrected chi connectivity index (χ2v) is 7.27. The van der Waals surface area contributed by atoms with Crippen LogP contribution in [0.4, 0.5) is 0 Å². The van der Waals surface area contributed by atoms with Crippen LogP contribution in [0.15, 0.2) is 59.2 Å². The summed E-state index contributed by atoms with van der Waals surface area (Å²) in [7, 11) is 0. The van der Waals surface area contributed by atoms with E-state index in [-0.39, 0.29) is 6.42 Å². The van der Waals surface area contributed by atoms with Crippen molar-refractivity contribution in [2.24, 2.45) is 0 Å². The summed E-state index contributed by atoms with van der Waals surface area (Å²) in [5.41, 5.74) is 2.60. The van der Waals surface area contributed by atoms with Gasteiger partial charge >= 0.3 is 5.97 Å². The molecule has 29 heavy (non-hydrogen) atoms. The quantitative estimate of drug-likeness (QED) is 0.365. The number of unbranched alkanes of at least 4 members (excludes halogenated alkanes) is 4. The molecule has 3 aromatic rings. The van der Waals surface area contributed by atoms with Gasteiger partial charge in [-0.2, -0.15) is 0 Å². The highest BCUT2D eigenvalue weighted by Gasteiger charge is 2.09. The lowest BCUT2D eigenvalue weighted by Crippen LogP contribution is -1.97. The molecule has 0 bridgehead atoms. The molecule has 0 radical (unpaired) electrons. The Labute approximate surface area is 175 Å². The van der Waals surface area contributed by atoms with E-state index in [4.69, 9.17) is 25.9 Å². The summed E-state index contributed by atoms with van der Waals surface area (Å²) < 4.78 is 11.4. The van der Waals surface area contributed by atoms with Gasteiger partial charge in [-0.25, -0.2) is 4.98 Å². The van der Waals surface area contributed by atoms with Gasteiger partial charge in [-0.15, -0.1) is 0 Å². The summed E-state index contributed by atoms with van der Waals surface area (Å²) in [6.45, 7) is 0.651. The maximum absolute atomic E-state index is 10.4. The van der Waals surface area contributed by atoms with Crippen molar-refractivity contribution in [3.8, 4) is 28.5 Å². The number of aliphatic carboxylic acids is 1. The SMILES string of the molecule is O=C(O)CCCCCCCOc1ccc(-c2nc(-c3ccc(Cl)cc3)co2)cc1. The van der Waals surface area contributed by atoms with Crippen LogP contribution in [0.5, 0.6) is 5.75 Å². The molecule has 152 valence electrons. The van der Waals surface area contributed by atoms with E-state index in [2.05, 4.69) is 4.98 Å². The number of nitrogens with zero attached hydrogens (tertiary/aromatic N) is 1. The van der Waals surface area contributed by atoms with Gasteiger partial charge in [0.15, 0.2) is 0 Å². The van der Waals surface area contributed by atoms with E-state index in [0.717, 1.165) is 54.7 Å². The van der Waals surface area contributed by atoms with Crippen molar-refractivity contribution in [2.75, 3.05) is 6.61 Å². The highest BCUT2D eigenvalue weighted by Crippen LogP contribution is 2.27. The average molecular weight is 414 g/mol. The minimum Gasteiger partial charge on any atom is -0.494 e. The first-order valence-corrected chi connectivity index (χ1v) is 10.2. The number of carboxylic acids is 1. The summed E-state index contributed by atoms with van der Waals surface area (Å²) in [6, 6.07) is 15.2. The molecular weight excluding hydrogens is 390 g/mol. The van der Waals surface area contributed by atoms with Gasteiger partial charge in [0.25, 0.3) is 0 Å². The Balaban J connectivity index is 1.43. The number of carboxylic acid groups (broad SMARTS) is 1. The molecule has 0 saturated carbocycles. The Morgan fingerprint density at radius 2 is 1.59 bits per heavy atom. The number of rotatable bonds is 11. The molecule has 0 aliphatic heterocycles. The van der Waals surface area contributed by atoms with E-state index in [0.29, 0.717) is 17.5 Å². The van der Waals surface area contributed by atoms with E-state index >= 15 is 0 Å². The van der Waals surface area contributed by atoms with Crippen LogP contribution in [-0.4, -0.2) is 22.7 Å². The maximum Gasteiger partial charge on any atom is 0.303 e. The number of hydrogen-bond donors (Lipinski definition) is 1. The molecular formula is C23H24ClNO4. The van der Waals surface area contributed by atoms with Gasteiger partial charge in [0.2, 0.25) is 5.89 Å². The molecule has 3 rings (SSSR count). The van der Waals surface area contributed by atoms with Crippen molar-refractivity contribution in [2.45, 2.75) is 38.5 Å². The summed E-state index contributed by atoms with van der Waals surface area (Å²) in [5, 5.41) is 9.29. The number of benzene rings is 2. The summed E-state index contributed by atoms with van der Waals surface area (Å²) in [5.74, 6) is 0.648. The fraction of sp³-hybridized carbons (Fsp3) is 0.304. The van der Waals surface area contributed by atoms with Crippen LogP contribution in [0.25, 0.3) is 22.7 Å². The third kappa shape index (κ3) is 6.64. The molecule has 1 N–H and O–H groups in total. The van der Waals surface area contributed by atoms with Crippen LogP contribution in [0.2, 0.25) is 5.02 Å². The second-order valence-electron chi connectivity index (χ2n) is 6.83. The van der Waals surface area contributed by atoms with Crippen LogP contribution < -0.4 is 4.74 Å². The fourth-order valence-corrected chi connectivity index (χ4v) is 3.08. The van der Waals surface area contributed by atoms with Crippen LogP contribution in [0.3, 0.4) is 0 Å². The summed E-state index contributed by atoms with van der Waals surface area (Å²) in [6.07, 6.45) is 6.64. The Bertz CT molecular complexity index is 903. The van der Waals surface area contributed by atoms with Crippen LogP contribution >= 0.6 is 11.6 Å². The Hall–Kier alpha value is -2.79. The molecule has 2 aromatic carbocycles. The number of ether oxygens (including phenoxy) is 1. The minimum atomic E-state index is -0.720. The van der Waals surface area contributed by atoms with Crippen LogP contribution in [0.1, 0.15) is 38.5 Å². The second kappa shape index (κ2) is 10.7. The molecule has 0 fully saturated rings. The Kier molecular flexibility index (Phi) is 7.70. The lowest BCUT2D eigenvalue weighted by Gasteiger charge is -2.06. The predicted octanol–water partition coefficient (Wildman–Crippen LogP) is 6.47. The van der Waals surface area contributed by atoms with Crippen LogP contribution in [0, 0.1) is 0 Å². The van der Waals surface area contributed by atoms with E-state index in [1.54, 1.807) is 6.26 Å². The Morgan fingerprint density at radius 3 is 2.31 bits per heavy atom. The lowest BCUT2D eigenvalue weighted by molar-refractivity contribution is -0.137. The zero-order valence-corrected chi connectivity index (χ0v) is 16.9. The number of carbonyl (C=O) groups is 1. The van der Waals surface area contributed by atoms with Crippen molar-refractivity contribution < 1.29 is 19.1 Å². The third-order valence-corrected chi connectivity index (χ3v) is 4.80. The number of halogens is 1. The Morgan fingerprint density at radius 1 is 0.931 bits per heavy atom. The fourth-order valence-electron chi connectivity index (χ4n) is 2.95. The molecule has 0 amide bonds. The van der Waals surface area contributed by atoms with Crippen molar-refractivity contribution >= 4 is 17.6 Å². The molecule has 0 spiro atoms. The lowest BCUT2D eigenvalue weighted by atomic mass is 10.1. The molecule has 1 aromatic heterocycles. The maximum atomic E-state index is 10.4. The molecule has 0 aliphatic rings. The monoisotopic (exact) mass is 413 g/mol. The zero-order chi connectivity index (χ0) is 20.5. The van der Waals surface area contributed by atoms with Gasteiger partial charge in [-0.05, 0) is 49.2 Å². The van der Waals surface area contributed by atoms with Crippen LogP contribution in [-0.2, 0) is 4.79 Å². The number of oxazole rings is 1. The molecule has 0 aliphatic carbocycles. The first-order valence-electron chi connectivity index (χ1n) is 9.78. The smallest absolute Gasteiger partial charge is 0.303 e. The van der Waals surface area contributed by atoms with Gasteiger partial charge < -0.3 is 14.3 Å². The predicted molar refractivity (Wildman–Crippen MR) is 113 cm³/mol. The van der Waals surface area contributed by atoms with Crippen molar-refractivity contribution in [3.05, 3.63) is 59.8 Å². The number of aromatic nitrogens is 1. The largest absolute Gasteiger partial charge is 0.494 e. The molecule has 5 nitrogen and oxygen atoms in total. The molecule has 1 heterocycles. The molecule has 0 unspecified atom stereocenters.